The van der Waals surface area contributed by atoms with E-state index in [9.17, 15) is 0 Å². The molecule has 0 bridgehead atoms. The third-order valence-electron chi connectivity index (χ3n) is 3.02. The van der Waals surface area contributed by atoms with Crippen LogP contribution in [0.5, 0.6) is 5.75 Å². The maximum atomic E-state index is 5.76. The third-order valence-corrected chi connectivity index (χ3v) is 3.25. The number of hydrogen-bond donors (Lipinski definition) is 0. The molecule has 3 nitrogen and oxygen atoms in total. The predicted octanol–water partition coefficient (Wildman–Crippen LogP) is 4.17. The summed E-state index contributed by atoms with van der Waals surface area (Å²) in [5, 5.41) is 1.57. The molecule has 0 fully saturated rings. The van der Waals surface area contributed by atoms with Crippen LogP contribution in [0.4, 0.5) is 0 Å². The number of ether oxygens (including phenoxy) is 1. The van der Waals surface area contributed by atoms with Gasteiger partial charge in [0.25, 0.3) is 0 Å². The number of hydrogen-bond acceptors (Lipinski definition) is 3. The molecule has 0 radical (unpaired) electrons. The molecule has 0 aliphatic heterocycles. The Morgan fingerprint density at radius 2 is 2.00 bits per heavy atom. The summed E-state index contributed by atoms with van der Waals surface area (Å²) in [6, 6.07) is 13.6. The normalized spacial score (nSPS) is 10.7. The maximum absolute atomic E-state index is 5.76. The molecule has 0 spiro atoms. The smallest absolute Gasteiger partial charge is 0.138 e. The van der Waals surface area contributed by atoms with Gasteiger partial charge in [0.15, 0.2) is 0 Å². The number of fused-ring (bicyclic) bond motifs is 1. The minimum atomic E-state index is 0.461. The summed E-state index contributed by atoms with van der Waals surface area (Å²) in [5.41, 5.74) is 3.08. The molecule has 1 aromatic carbocycles. The average Bonchev–Trinajstić information content (AvgIpc) is 2.46. The Balaban J connectivity index is 1.88. The van der Waals surface area contributed by atoms with Gasteiger partial charge < -0.3 is 4.74 Å². The Kier molecular flexibility index (Phi) is 3.52. The minimum absolute atomic E-state index is 0.461. The van der Waals surface area contributed by atoms with Crippen LogP contribution in [-0.4, -0.2) is 9.97 Å². The van der Waals surface area contributed by atoms with E-state index in [1.54, 1.807) is 12.3 Å². The summed E-state index contributed by atoms with van der Waals surface area (Å²) in [4.78, 5) is 8.52. The summed E-state index contributed by atoms with van der Waals surface area (Å²) < 4.78 is 5.76. The van der Waals surface area contributed by atoms with Crippen LogP contribution in [0.1, 0.15) is 11.3 Å². The highest BCUT2D eigenvalue weighted by Gasteiger charge is 2.04. The van der Waals surface area contributed by atoms with Gasteiger partial charge in [0.1, 0.15) is 17.5 Å². The van der Waals surface area contributed by atoms with E-state index in [1.807, 2.05) is 37.3 Å². The Bertz CT molecular complexity index is 741. The van der Waals surface area contributed by atoms with Crippen molar-refractivity contribution >= 4 is 22.5 Å². The Hall–Kier alpha value is -2.13. The SMILES string of the molecule is Cc1cc(COc2ccc(Cl)nc2)c2ccccc2n1. The fourth-order valence-electron chi connectivity index (χ4n) is 2.12. The summed E-state index contributed by atoms with van der Waals surface area (Å²) in [6.07, 6.45) is 1.62. The number of rotatable bonds is 3. The largest absolute Gasteiger partial charge is 0.487 e. The second kappa shape index (κ2) is 5.47. The second-order valence-corrected chi connectivity index (χ2v) is 4.93. The third kappa shape index (κ3) is 2.73. The highest BCUT2D eigenvalue weighted by molar-refractivity contribution is 6.29. The first-order chi connectivity index (χ1) is 9.72. The van der Waals surface area contributed by atoms with Crippen molar-refractivity contribution in [2.24, 2.45) is 0 Å². The van der Waals surface area contributed by atoms with Crippen LogP contribution in [0, 0.1) is 6.92 Å². The van der Waals surface area contributed by atoms with Crippen LogP contribution in [0.2, 0.25) is 5.15 Å². The highest BCUT2D eigenvalue weighted by atomic mass is 35.5. The Labute approximate surface area is 122 Å². The van der Waals surface area contributed by atoms with Crippen molar-refractivity contribution in [1.29, 1.82) is 0 Å². The van der Waals surface area contributed by atoms with Crippen LogP contribution >= 0.6 is 11.6 Å². The van der Waals surface area contributed by atoms with Crippen molar-refractivity contribution in [2.75, 3.05) is 0 Å². The number of halogens is 1. The van der Waals surface area contributed by atoms with Crippen molar-refractivity contribution in [3.8, 4) is 5.75 Å². The van der Waals surface area contributed by atoms with Gasteiger partial charge in [-0.05, 0) is 31.2 Å². The fraction of sp³-hybridized carbons (Fsp3) is 0.125. The van der Waals surface area contributed by atoms with Crippen LogP contribution < -0.4 is 4.74 Å². The summed E-state index contributed by atoms with van der Waals surface area (Å²) in [5.74, 6) is 0.702. The maximum Gasteiger partial charge on any atom is 0.138 e. The van der Waals surface area contributed by atoms with E-state index in [4.69, 9.17) is 16.3 Å². The molecule has 0 aliphatic carbocycles. The number of aromatic nitrogens is 2. The molecule has 2 aromatic heterocycles. The van der Waals surface area contributed by atoms with E-state index < -0.39 is 0 Å². The highest BCUT2D eigenvalue weighted by Crippen LogP contribution is 2.20. The zero-order valence-electron chi connectivity index (χ0n) is 11.0. The zero-order chi connectivity index (χ0) is 13.9. The molecule has 0 N–H and O–H groups in total. The summed E-state index contributed by atoms with van der Waals surface area (Å²) >= 11 is 5.75. The number of para-hydroxylation sites is 1. The molecule has 0 saturated heterocycles. The van der Waals surface area contributed by atoms with Gasteiger partial charge in [0.2, 0.25) is 0 Å². The van der Waals surface area contributed by atoms with Crippen molar-refractivity contribution in [2.45, 2.75) is 13.5 Å². The summed E-state index contributed by atoms with van der Waals surface area (Å²) in [7, 11) is 0. The molecule has 4 heteroatoms. The molecule has 100 valence electrons. The van der Waals surface area contributed by atoms with Gasteiger partial charge in [-0.2, -0.15) is 0 Å². The van der Waals surface area contributed by atoms with Crippen molar-refractivity contribution in [3.05, 3.63) is 65.1 Å². The van der Waals surface area contributed by atoms with Crippen LogP contribution in [-0.2, 0) is 6.61 Å². The quantitative estimate of drug-likeness (QED) is 0.677. The lowest BCUT2D eigenvalue weighted by molar-refractivity contribution is 0.306. The summed E-state index contributed by atoms with van der Waals surface area (Å²) in [6.45, 7) is 2.47. The molecular formula is C16H13ClN2O. The molecule has 2 heterocycles. The molecule has 0 aliphatic rings. The topological polar surface area (TPSA) is 35.0 Å². The molecule has 0 amide bonds. The molecule has 20 heavy (non-hydrogen) atoms. The van der Waals surface area contributed by atoms with Crippen LogP contribution in [0.3, 0.4) is 0 Å². The Morgan fingerprint density at radius 1 is 1.15 bits per heavy atom. The van der Waals surface area contributed by atoms with E-state index in [0.717, 1.165) is 22.2 Å². The fourth-order valence-corrected chi connectivity index (χ4v) is 2.23. The van der Waals surface area contributed by atoms with E-state index >= 15 is 0 Å². The second-order valence-electron chi connectivity index (χ2n) is 4.55. The monoisotopic (exact) mass is 284 g/mol. The van der Waals surface area contributed by atoms with Gasteiger partial charge in [-0.15, -0.1) is 0 Å². The Morgan fingerprint density at radius 3 is 2.80 bits per heavy atom. The van der Waals surface area contributed by atoms with Gasteiger partial charge in [0, 0.05) is 16.6 Å². The lowest BCUT2D eigenvalue weighted by Gasteiger charge is -2.09. The first-order valence-corrected chi connectivity index (χ1v) is 6.70. The molecule has 0 saturated carbocycles. The molecule has 3 aromatic rings. The standard InChI is InChI=1S/C16H13ClN2O/c1-11-8-12(14-4-2-3-5-15(14)19-11)10-20-13-6-7-16(17)18-9-13/h2-9H,10H2,1H3. The minimum Gasteiger partial charge on any atom is -0.487 e. The van der Waals surface area contributed by atoms with Gasteiger partial charge in [-0.25, -0.2) is 4.98 Å². The van der Waals surface area contributed by atoms with Crippen molar-refractivity contribution in [1.82, 2.24) is 9.97 Å². The lowest BCUT2D eigenvalue weighted by atomic mass is 10.1. The number of pyridine rings is 2. The number of benzene rings is 1. The lowest BCUT2D eigenvalue weighted by Crippen LogP contribution is -1.99. The van der Waals surface area contributed by atoms with Gasteiger partial charge in [-0.1, -0.05) is 29.8 Å². The molecule has 0 atom stereocenters. The van der Waals surface area contributed by atoms with Crippen molar-refractivity contribution in [3.63, 3.8) is 0 Å². The van der Waals surface area contributed by atoms with E-state index in [-0.39, 0.29) is 0 Å². The first-order valence-electron chi connectivity index (χ1n) is 6.32. The van der Waals surface area contributed by atoms with Gasteiger partial charge >= 0.3 is 0 Å². The van der Waals surface area contributed by atoms with E-state index in [2.05, 4.69) is 16.0 Å². The average molecular weight is 285 g/mol. The zero-order valence-corrected chi connectivity index (χ0v) is 11.8. The first kappa shape index (κ1) is 12.9. The van der Waals surface area contributed by atoms with Crippen molar-refractivity contribution < 1.29 is 4.74 Å². The van der Waals surface area contributed by atoms with E-state index in [1.165, 1.54) is 0 Å². The van der Waals surface area contributed by atoms with Gasteiger partial charge in [-0.3, -0.25) is 4.98 Å². The molecular weight excluding hydrogens is 272 g/mol. The number of aryl methyl sites for hydroxylation is 1. The molecule has 3 rings (SSSR count). The number of nitrogens with zero attached hydrogens (tertiary/aromatic N) is 2. The predicted molar refractivity (Wildman–Crippen MR) is 80.1 cm³/mol. The van der Waals surface area contributed by atoms with Crippen LogP contribution in [0.25, 0.3) is 10.9 Å². The van der Waals surface area contributed by atoms with E-state index in [0.29, 0.717) is 17.5 Å². The molecule has 0 unspecified atom stereocenters. The van der Waals surface area contributed by atoms with Gasteiger partial charge in [0.05, 0.1) is 11.7 Å². The van der Waals surface area contributed by atoms with Crippen LogP contribution in [0.15, 0.2) is 48.7 Å².